The van der Waals surface area contributed by atoms with Crippen LogP contribution in [0, 0.1) is 5.82 Å². The lowest BCUT2D eigenvalue weighted by Crippen LogP contribution is -2.42. The Morgan fingerprint density at radius 2 is 1.85 bits per heavy atom. The number of hydrogen-bond donors (Lipinski definition) is 0. The van der Waals surface area contributed by atoms with E-state index in [4.69, 9.17) is 4.74 Å². The highest BCUT2D eigenvalue weighted by Crippen LogP contribution is 2.19. The molecule has 1 saturated heterocycles. The number of nitrogens with zero attached hydrogens (tertiary/aromatic N) is 3. The van der Waals surface area contributed by atoms with Gasteiger partial charge >= 0.3 is 17.8 Å². The van der Waals surface area contributed by atoms with E-state index in [9.17, 15) is 23.6 Å². The van der Waals surface area contributed by atoms with Crippen molar-refractivity contribution in [2.24, 2.45) is 0 Å². The number of halogens is 1. The predicted molar refractivity (Wildman–Crippen MR) is 93.2 cm³/mol. The highest BCUT2D eigenvalue weighted by atomic mass is 19.1. The summed E-state index contributed by atoms with van der Waals surface area (Å²) >= 11 is 0. The topological polar surface area (TPSA) is 87.2 Å². The summed E-state index contributed by atoms with van der Waals surface area (Å²) in [5.41, 5.74) is 0.517. The lowest BCUT2D eigenvalue weighted by Gasteiger charge is -2.21. The number of benzene rings is 1. The van der Waals surface area contributed by atoms with Gasteiger partial charge in [0.05, 0.1) is 7.11 Å². The maximum Gasteiger partial charge on any atom is 0.334 e. The summed E-state index contributed by atoms with van der Waals surface area (Å²) in [5.74, 6) is -2.93. The second-order valence-corrected chi connectivity index (χ2v) is 6.20. The van der Waals surface area contributed by atoms with Gasteiger partial charge in [-0.25, -0.2) is 14.1 Å². The van der Waals surface area contributed by atoms with E-state index >= 15 is 0 Å². The van der Waals surface area contributed by atoms with E-state index in [1.165, 1.54) is 31.2 Å². The van der Waals surface area contributed by atoms with Crippen LogP contribution in [0.3, 0.4) is 0 Å². The Morgan fingerprint density at radius 3 is 2.44 bits per heavy atom. The Kier molecular flexibility index (Phi) is 6.49. The minimum atomic E-state index is -1.01. The number of rotatable bonds is 8. The fourth-order valence-corrected chi connectivity index (χ4v) is 2.63. The summed E-state index contributed by atoms with van der Waals surface area (Å²) in [6.07, 6.45) is 1.33. The molecule has 0 radical (unpaired) electrons. The molecule has 0 aromatic heterocycles. The molecule has 0 saturated carbocycles. The molecular formula is C18H22FN3O5. The number of methoxy groups -OCH3 is 1. The molecule has 8 nitrogen and oxygen atoms in total. The molecular weight excluding hydrogens is 357 g/mol. The maximum atomic E-state index is 13.8. The zero-order valence-electron chi connectivity index (χ0n) is 15.5. The van der Waals surface area contributed by atoms with E-state index in [1.54, 1.807) is 6.07 Å². The molecule has 0 unspecified atom stereocenters. The van der Waals surface area contributed by atoms with Gasteiger partial charge in [-0.1, -0.05) is 19.4 Å². The molecule has 27 heavy (non-hydrogen) atoms. The highest BCUT2D eigenvalue weighted by molar-refractivity contribution is 6.45. The molecule has 0 bridgehead atoms. The molecule has 1 aliphatic heterocycles. The maximum absolute atomic E-state index is 13.8. The molecule has 1 aliphatic rings. The van der Waals surface area contributed by atoms with Crippen LogP contribution in [-0.2, 0) is 20.9 Å². The normalized spacial score (nSPS) is 14.1. The second kappa shape index (κ2) is 8.61. The van der Waals surface area contributed by atoms with Gasteiger partial charge in [-0.15, -0.1) is 0 Å². The minimum absolute atomic E-state index is 0.0729. The quantitative estimate of drug-likeness (QED) is 0.503. The monoisotopic (exact) mass is 379 g/mol. The van der Waals surface area contributed by atoms with Crippen LogP contribution in [0.1, 0.15) is 25.3 Å². The van der Waals surface area contributed by atoms with Crippen LogP contribution in [0.25, 0.3) is 0 Å². The number of imide groups is 2. The van der Waals surface area contributed by atoms with E-state index in [0.717, 1.165) is 11.3 Å². The zero-order valence-corrected chi connectivity index (χ0v) is 15.5. The van der Waals surface area contributed by atoms with Crippen LogP contribution in [0.4, 0.5) is 9.18 Å². The first-order chi connectivity index (χ1) is 12.8. The van der Waals surface area contributed by atoms with Gasteiger partial charge in [-0.05, 0) is 24.1 Å². The molecule has 0 atom stereocenters. The molecule has 1 aromatic rings. The van der Waals surface area contributed by atoms with Gasteiger partial charge in [0.2, 0.25) is 5.91 Å². The molecule has 5 amide bonds. The first-order valence-electron chi connectivity index (χ1n) is 8.53. The van der Waals surface area contributed by atoms with Gasteiger partial charge in [0.1, 0.15) is 6.54 Å². The smallest absolute Gasteiger partial charge is 0.334 e. The first kappa shape index (κ1) is 20.3. The van der Waals surface area contributed by atoms with Crippen LogP contribution in [0.5, 0.6) is 5.75 Å². The Labute approximate surface area is 156 Å². The van der Waals surface area contributed by atoms with E-state index in [2.05, 4.69) is 0 Å². The van der Waals surface area contributed by atoms with Gasteiger partial charge < -0.3 is 9.64 Å². The third kappa shape index (κ3) is 4.42. The molecule has 1 aromatic carbocycles. The predicted octanol–water partition coefficient (Wildman–Crippen LogP) is 1.38. The first-order valence-corrected chi connectivity index (χ1v) is 8.53. The lowest BCUT2D eigenvalue weighted by molar-refractivity contribution is -0.144. The average Bonchev–Trinajstić information content (AvgIpc) is 2.83. The number of carbonyl (C=O) groups excluding carboxylic acids is 4. The third-order valence-electron chi connectivity index (χ3n) is 4.23. The minimum Gasteiger partial charge on any atom is -0.494 e. The molecule has 9 heteroatoms. The Morgan fingerprint density at radius 1 is 1.19 bits per heavy atom. The van der Waals surface area contributed by atoms with Gasteiger partial charge in [-0.3, -0.25) is 19.3 Å². The Hall–Kier alpha value is -2.97. The molecule has 146 valence electrons. The van der Waals surface area contributed by atoms with Crippen molar-refractivity contribution >= 4 is 23.8 Å². The Balaban J connectivity index is 2.01. The van der Waals surface area contributed by atoms with Crippen LogP contribution in [0.2, 0.25) is 0 Å². The van der Waals surface area contributed by atoms with Crippen LogP contribution in [0.15, 0.2) is 18.2 Å². The number of carbonyl (C=O) groups is 4. The summed E-state index contributed by atoms with van der Waals surface area (Å²) < 4.78 is 18.6. The van der Waals surface area contributed by atoms with Gasteiger partial charge in [0.15, 0.2) is 11.6 Å². The molecule has 0 aliphatic carbocycles. The van der Waals surface area contributed by atoms with Crippen molar-refractivity contribution in [2.75, 3.05) is 27.2 Å². The van der Waals surface area contributed by atoms with Crippen molar-refractivity contribution in [2.45, 2.75) is 26.3 Å². The van der Waals surface area contributed by atoms with Crippen molar-refractivity contribution in [3.63, 3.8) is 0 Å². The van der Waals surface area contributed by atoms with Gasteiger partial charge in [0, 0.05) is 20.1 Å². The van der Waals surface area contributed by atoms with Crippen molar-refractivity contribution < 1.29 is 28.3 Å². The zero-order chi connectivity index (χ0) is 20.1. The van der Waals surface area contributed by atoms with Crippen molar-refractivity contribution in [3.8, 4) is 5.75 Å². The summed E-state index contributed by atoms with van der Waals surface area (Å²) in [6.45, 7) is 1.57. The van der Waals surface area contributed by atoms with E-state index in [1.807, 2.05) is 6.92 Å². The summed E-state index contributed by atoms with van der Waals surface area (Å²) in [7, 11) is 2.81. The molecule has 0 spiro atoms. The van der Waals surface area contributed by atoms with Crippen LogP contribution < -0.4 is 4.74 Å². The number of amides is 5. The van der Waals surface area contributed by atoms with E-state index < -0.39 is 36.1 Å². The van der Waals surface area contributed by atoms with Crippen molar-refractivity contribution in [3.05, 3.63) is 29.6 Å². The van der Waals surface area contributed by atoms with Crippen LogP contribution >= 0.6 is 0 Å². The highest BCUT2D eigenvalue weighted by Gasteiger charge is 2.44. The average molecular weight is 379 g/mol. The molecule has 0 N–H and O–H groups in total. The molecule has 1 heterocycles. The number of hydrogen-bond acceptors (Lipinski definition) is 5. The molecule has 1 fully saturated rings. The fourth-order valence-electron chi connectivity index (χ4n) is 2.63. The molecule has 2 rings (SSSR count). The number of likely N-dealkylation sites (N-methyl/N-ethyl adjacent to an activating group) is 1. The standard InChI is InChI=1S/C18H22FN3O5/c1-4-5-8-21-16(24)17(25)22(18(21)26)11-15(23)20(2)10-12-6-7-14(27-3)13(19)9-12/h6-7,9H,4-5,8,10-11H2,1-3H3. The fraction of sp³-hybridized carbons (Fsp3) is 0.444. The van der Waals surface area contributed by atoms with Crippen molar-refractivity contribution in [1.82, 2.24) is 14.7 Å². The number of urea groups is 1. The summed E-state index contributed by atoms with van der Waals surface area (Å²) in [5, 5.41) is 0. The Bertz CT molecular complexity index is 767. The largest absolute Gasteiger partial charge is 0.494 e. The van der Waals surface area contributed by atoms with Crippen molar-refractivity contribution in [1.29, 1.82) is 0 Å². The van der Waals surface area contributed by atoms with Gasteiger partial charge in [0.25, 0.3) is 0 Å². The summed E-state index contributed by atoms with van der Waals surface area (Å²) in [4.78, 5) is 51.3. The van der Waals surface area contributed by atoms with E-state index in [-0.39, 0.29) is 18.8 Å². The van der Waals surface area contributed by atoms with E-state index in [0.29, 0.717) is 16.9 Å². The SMILES string of the molecule is CCCCN1C(=O)C(=O)N(CC(=O)N(C)Cc2ccc(OC)c(F)c2)C1=O. The lowest BCUT2D eigenvalue weighted by atomic mass is 10.2. The second-order valence-electron chi connectivity index (χ2n) is 6.20. The number of ether oxygens (including phenoxy) is 1. The number of unbranched alkanes of at least 4 members (excludes halogenated alkanes) is 1. The van der Waals surface area contributed by atoms with Gasteiger partial charge in [-0.2, -0.15) is 0 Å². The third-order valence-corrected chi connectivity index (χ3v) is 4.23. The van der Waals surface area contributed by atoms with Crippen LogP contribution in [-0.4, -0.2) is 65.7 Å². The summed E-state index contributed by atoms with van der Waals surface area (Å²) in [6, 6.07) is 3.51.